The van der Waals surface area contributed by atoms with Gasteiger partial charge >= 0.3 is 0 Å². The standard InChI is InChI=1S/C13H15N5/c1-8-4-5-11(9(2)6-8)18-12(15)10(7-14)13(16-3)17-18/h4-6H,15H2,1-3H3,(H,16,17). The summed E-state index contributed by atoms with van der Waals surface area (Å²) >= 11 is 0. The number of hydrogen-bond donors (Lipinski definition) is 2. The van der Waals surface area contributed by atoms with Crippen LogP contribution in [0.2, 0.25) is 0 Å². The molecule has 0 aliphatic heterocycles. The molecule has 92 valence electrons. The number of anilines is 2. The summed E-state index contributed by atoms with van der Waals surface area (Å²) < 4.78 is 1.60. The molecule has 0 fully saturated rings. The van der Waals surface area contributed by atoms with Gasteiger partial charge < -0.3 is 11.1 Å². The van der Waals surface area contributed by atoms with Crippen molar-refractivity contribution in [1.29, 1.82) is 5.26 Å². The van der Waals surface area contributed by atoms with Crippen LogP contribution in [-0.4, -0.2) is 16.8 Å². The van der Waals surface area contributed by atoms with Crippen LogP contribution < -0.4 is 11.1 Å². The van der Waals surface area contributed by atoms with Crippen molar-refractivity contribution < 1.29 is 0 Å². The van der Waals surface area contributed by atoms with E-state index in [1.807, 2.05) is 26.0 Å². The average Bonchev–Trinajstić information content (AvgIpc) is 2.66. The van der Waals surface area contributed by atoms with Gasteiger partial charge in [-0.3, -0.25) is 0 Å². The normalized spacial score (nSPS) is 10.1. The van der Waals surface area contributed by atoms with E-state index in [0.717, 1.165) is 11.3 Å². The molecule has 0 aliphatic carbocycles. The number of nitrogens with one attached hydrogen (secondary N) is 1. The lowest BCUT2D eigenvalue weighted by Gasteiger charge is -2.08. The number of nitrogens with zero attached hydrogens (tertiary/aromatic N) is 3. The quantitative estimate of drug-likeness (QED) is 0.842. The highest BCUT2D eigenvalue weighted by atomic mass is 15.3. The van der Waals surface area contributed by atoms with E-state index in [1.54, 1.807) is 11.7 Å². The maximum absolute atomic E-state index is 9.08. The van der Waals surface area contributed by atoms with Gasteiger partial charge in [0.25, 0.3) is 0 Å². The fourth-order valence-corrected chi connectivity index (χ4v) is 1.94. The van der Waals surface area contributed by atoms with E-state index >= 15 is 0 Å². The van der Waals surface area contributed by atoms with Gasteiger partial charge in [0, 0.05) is 7.05 Å². The van der Waals surface area contributed by atoms with Crippen molar-refractivity contribution in [3.05, 3.63) is 34.9 Å². The molecule has 2 rings (SSSR count). The van der Waals surface area contributed by atoms with E-state index in [-0.39, 0.29) is 0 Å². The minimum atomic E-state index is 0.355. The molecule has 0 amide bonds. The fraction of sp³-hybridized carbons (Fsp3) is 0.231. The molecule has 2 aromatic rings. The third-order valence-electron chi connectivity index (χ3n) is 2.85. The zero-order valence-corrected chi connectivity index (χ0v) is 10.7. The number of aryl methyl sites for hydroxylation is 2. The number of rotatable bonds is 2. The van der Waals surface area contributed by atoms with Crippen LogP contribution in [0.5, 0.6) is 0 Å². The summed E-state index contributed by atoms with van der Waals surface area (Å²) in [5, 5.41) is 16.3. The number of nitrogens with two attached hydrogens (primary N) is 1. The Morgan fingerprint density at radius 2 is 2.11 bits per heavy atom. The van der Waals surface area contributed by atoms with Gasteiger partial charge in [0.05, 0.1) is 5.69 Å². The predicted octanol–water partition coefficient (Wildman–Crippen LogP) is 1.98. The van der Waals surface area contributed by atoms with Crippen LogP contribution >= 0.6 is 0 Å². The van der Waals surface area contributed by atoms with E-state index < -0.39 is 0 Å². The first-order valence-electron chi connectivity index (χ1n) is 5.62. The Kier molecular flexibility index (Phi) is 2.94. The second-order valence-electron chi connectivity index (χ2n) is 4.17. The van der Waals surface area contributed by atoms with Crippen molar-refractivity contribution in [2.24, 2.45) is 0 Å². The summed E-state index contributed by atoms with van der Waals surface area (Å²) in [7, 11) is 1.72. The molecule has 0 saturated carbocycles. The molecule has 0 spiro atoms. The van der Waals surface area contributed by atoms with Crippen LogP contribution in [0.15, 0.2) is 18.2 Å². The second-order valence-corrected chi connectivity index (χ2v) is 4.17. The lowest BCUT2D eigenvalue weighted by atomic mass is 10.1. The van der Waals surface area contributed by atoms with Crippen LogP contribution in [0.25, 0.3) is 5.69 Å². The lowest BCUT2D eigenvalue weighted by Crippen LogP contribution is -2.04. The first-order valence-corrected chi connectivity index (χ1v) is 5.62. The summed E-state index contributed by atoms with van der Waals surface area (Å²) in [6.45, 7) is 4.03. The van der Waals surface area contributed by atoms with Crippen molar-refractivity contribution in [3.63, 3.8) is 0 Å². The largest absolute Gasteiger partial charge is 0.382 e. The van der Waals surface area contributed by atoms with E-state index in [0.29, 0.717) is 17.2 Å². The topological polar surface area (TPSA) is 79.7 Å². The van der Waals surface area contributed by atoms with Gasteiger partial charge in [-0.1, -0.05) is 17.7 Å². The van der Waals surface area contributed by atoms with Gasteiger partial charge in [0.1, 0.15) is 17.5 Å². The van der Waals surface area contributed by atoms with Crippen LogP contribution in [0, 0.1) is 25.2 Å². The third-order valence-corrected chi connectivity index (χ3v) is 2.85. The van der Waals surface area contributed by atoms with Crippen LogP contribution in [0.4, 0.5) is 11.6 Å². The van der Waals surface area contributed by atoms with Crippen molar-refractivity contribution in [2.75, 3.05) is 18.1 Å². The molecule has 1 aromatic heterocycles. The number of aromatic nitrogens is 2. The Morgan fingerprint density at radius 1 is 1.39 bits per heavy atom. The van der Waals surface area contributed by atoms with Crippen LogP contribution in [0.1, 0.15) is 16.7 Å². The minimum absolute atomic E-state index is 0.355. The molecule has 0 unspecified atom stereocenters. The molecule has 3 N–H and O–H groups in total. The second kappa shape index (κ2) is 4.41. The molecule has 1 aromatic carbocycles. The van der Waals surface area contributed by atoms with Gasteiger partial charge in [-0.05, 0) is 25.5 Å². The van der Waals surface area contributed by atoms with Gasteiger partial charge in [0.2, 0.25) is 0 Å². The Labute approximate surface area is 106 Å². The highest BCUT2D eigenvalue weighted by molar-refractivity contribution is 5.66. The zero-order valence-electron chi connectivity index (χ0n) is 10.7. The maximum Gasteiger partial charge on any atom is 0.168 e. The minimum Gasteiger partial charge on any atom is -0.382 e. The summed E-state index contributed by atoms with van der Waals surface area (Å²) in [6, 6.07) is 8.07. The molecule has 0 radical (unpaired) electrons. The van der Waals surface area contributed by atoms with Crippen molar-refractivity contribution in [2.45, 2.75) is 13.8 Å². The molecule has 0 atom stereocenters. The zero-order chi connectivity index (χ0) is 13.3. The maximum atomic E-state index is 9.08. The Balaban J connectivity index is 2.65. The SMILES string of the molecule is CNc1nn(-c2ccc(C)cc2C)c(N)c1C#N. The van der Waals surface area contributed by atoms with Crippen LogP contribution in [-0.2, 0) is 0 Å². The number of nitrogen functional groups attached to an aromatic ring is 1. The van der Waals surface area contributed by atoms with Crippen molar-refractivity contribution >= 4 is 11.6 Å². The highest BCUT2D eigenvalue weighted by Gasteiger charge is 2.16. The van der Waals surface area contributed by atoms with E-state index in [4.69, 9.17) is 11.0 Å². The molecular weight excluding hydrogens is 226 g/mol. The lowest BCUT2D eigenvalue weighted by molar-refractivity contribution is 0.885. The van der Waals surface area contributed by atoms with E-state index in [1.165, 1.54) is 5.56 Å². The molecule has 1 heterocycles. The van der Waals surface area contributed by atoms with E-state index in [9.17, 15) is 0 Å². The number of nitriles is 1. The van der Waals surface area contributed by atoms with Crippen molar-refractivity contribution in [1.82, 2.24) is 9.78 Å². The van der Waals surface area contributed by atoms with Crippen LogP contribution in [0.3, 0.4) is 0 Å². The molecule has 0 aliphatic rings. The van der Waals surface area contributed by atoms with Gasteiger partial charge in [-0.2, -0.15) is 5.26 Å². The highest BCUT2D eigenvalue weighted by Crippen LogP contribution is 2.25. The molecule has 0 bridgehead atoms. The van der Waals surface area contributed by atoms with E-state index in [2.05, 4.69) is 22.6 Å². The van der Waals surface area contributed by atoms with Gasteiger partial charge in [-0.15, -0.1) is 5.10 Å². The number of hydrogen-bond acceptors (Lipinski definition) is 4. The molecule has 5 nitrogen and oxygen atoms in total. The average molecular weight is 241 g/mol. The summed E-state index contributed by atoms with van der Waals surface area (Å²) in [6.07, 6.45) is 0. The van der Waals surface area contributed by atoms with Gasteiger partial charge in [0.15, 0.2) is 5.82 Å². The third kappa shape index (κ3) is 1.78. The Bertz CT molecular complexity index is 634. The Morgan fingerprint density at radius 3 is 2.61 bits per heavy atom. The first kappa shape index (κ1) is 12.0. The van der Waals surface area contributed by atoms with Gasteiger partial charge in [-0.25, -0.2) is 4.68 Å². The monoisotopic (exact) mass is 241 g/mol. The predicted molar refractivity (Wildman–Crippen MR) is 71.7 cm³/mol. The molecule has 18 heavy (non-hydrogen) atoms. The fourth-order valence-electron chi connectivity index (χ4n) is 1.94. The molecular formula is C13H15N5. The Hall–Kier alpha value is -2.48. The summed E-state index contributed by atoms with van der Waals surface area (Å²) in [5.41, 5.74) is 9.47. The molecule has 0 saturated heterocycles. The number of benzene rings is 1. The summed E-state index contributed by atoms with van der Waals surface area (Å²) in [5.74, 6) is 0.851. The van der Waals surface area contributed by atoms with Crippen molar-refractivity contribution in [3.8, 4) is 11.8 Å². The first-order chi connectivity index (χ1) is 8.58. The summed E-state index contributed by atoms with van der Waals surface area (Å²) in [4.78, 5) is 0. The molecule has 5 heteroatoms. The smallest absolute Gasteiger partial charge is 0.168 e.